The quantitative estimate of drug-likeness (QED) is 0.752. The molecule has 0 aromatic rings. The van der Waals surface area contributed by atoms with Gasteiger partial charge >= 0.3 is 0 Å². The number of hydrogen-bond acceptors (Lipinski definition) is 2. The van der Waals surface area contributed by atoms with E-state index in [1.807, 2.05) is 0 Å². The summed E-state index contributed by atoms with van der Waals surface area (Å²) in [4.78, 5) is 0. The number of aliphatic hydroxyl groups is 1. The van der Waals surface area contributed by atoms with E-state index in [0.717, 1.165) is 11.8 Å². The molecule has 0 saturated heterocycles. The van der Waals surface area contributed by atoms with Crippen LogP contribution in [0.15, 0.2) is 0 Å². The summed E-state index contributed by atoms with van der Waals surface area (Å²) in [5, 5.41) is 12.9. The Morgan fingerprint density at radius 3 is 2.53 bits per heavy atom. The van der Waals surface area contributed by atoms with E-state index < -0.39 is 0 Å². The second-order valence-electron chi connectivity index (χ2n) is 5.88. The van der Waals surface area contributed by atoms with Crippen LogP contribution in [0.3, 0.4) is 0 Å². The van der Waals surface area contributed by atoms with Crippen LogP contribution in [0.4, 0.5) is 0 Å². The first-order valence-electron chi connectivity index (χ1n) is 6.37. The van der Waals surface area contributed by atoms with Gasteiger partial charge in [-0.15, -0.1) is 0 Å². The molecule has 2 N–H and O–H groups in total. The minimum atomic E-state index is -0.126. The van der Waals surface area contributed by atoms with Gasteiger partial charge in [-0.3, -0.25) is 0 Å². The van der Waals surface area contributed by atoms with Crippen LogP contribution < -0.4 is 5.32 Å². The van der Waals surface area contributed by atoms with E-state index in [1.54, 1.807) is 0 Å². The molecule has 90 valence electrons. The Bertz CT molecular complexity index is 191. The molecule has 0 radical (unpaired) electrons. The van der Waals surface area contributed by atoms with Crippen molar-refractivity contribution in [1.29, 1.82) is 0 Å². The summed E-state index contributed by atoms with van der Waals surface area (Å²) in [5.41, 5.74) is -0.126. The molecule has 0 aromatic heterocycles. The summed E-state index contributed by atoms with van der Waals surface area (Å²) in [5.74, 6) is 1.67. The van der Waals surface area contributed by atoms with Gasteiger partial charge < -0.3 is 10.4 Å². The van der Waals surface area contributed by atoms with Crippen molar-refractivity contribution in [3.8, 4) is 0 Å². The largest absolute Gasteiger partial charge is 0.394 e. The summed E-state index contributed by atoms with van der Waals surface area (Å²) < 4.78 is 0. The maximum Gasteiger partial charge on any atom is 0.0607 e. The highest BCUT2D eigenvalue weighted by Crippen LogP contribution is 2.31. The SMILES string of the molecule is CCC1CC(C)CCC1NC(C)(C)CO. The van der Waals surface area contributed by atoms with E-state index in [0.29, 0.717) is 6.04 Å². The zero-order chi connectivity index (χ0) is 11.5. The van der Waals surface area contributed by atoms with Crippen LogP contribution in [0.1, 0.15) is 53.4 Å². The molecule has 1 rings (SSSR count). The topological polar surface area (TPSA) is 32.3 Å². The fourth-order valence-electron chi connectivity index (χ4n) is 2.69. The smallest absolute Gasteiger partial charge is 0.0607 e. The van der Waals surface area contributed by atoms with Gasteiger partial charge in [0.1, 0.15) is 0 Å². The second kappa shape index (κ2) is 5.31. The van der Waals surface area contributed by atoms with E-state index in [1.165, 1.54) is 25.7 Å². The van der Waals surface area contributed by atoms with Crippen molar-refractivity contribution in [1.82, 2.24) is 5.32 Å². The van der Waals surface area contributed by atoms with Gasteiger partial charge in [0.2, 0.25) is 0 Å². The molecule has 3 atom stereocenters. The lowest BCUT2D eigenvalue weighted by Gasteiger charge is -2.39. The first-order chi connectivity index (χ1) is 6.98. The second-order valence-corrected chi connectivity index (χ2v) is 5.88. The summed E-state index contributed by atoms with van der Waals surface area (Å²) in [6.45, 7) is 9.02. The molecule has 1 aliphatic carbocycles. The molecule has 1 saturated carbocycles. The minimum absolute atomic E-state index is 0.126. The van der Waals surface area contributed by atoms with Crippen LogP contribution in [-0.2, 0) is 0 Å². The first-order valence-corrected chi connectivity index (χ1v) is 6.37. The third-order valence-electron chi connectivity index (χ3n) is 3.74. The maximum atomic E-state index is 9.27. The van der Waals surface area contributed by atoms with Crippen molar-refractivity contribution >= 4 is 0 Å². The Kier molecular flexibility index (Phi) is 4.60. The van der Waals surface area contributed by atoms with E-state index in [-0.39, 0.29) is 12.1 Å². The monoisotopic (exact) mass is 213 g/mol. The van der Waals surface area contributed by atoms with Gasteiger partial charge in [0.05, 0.1) is 6.61 Å². The Morgan fingerprint density at radius 2 is 2.00 bits per heavy atom. The molecule has 2 heteroatoms. The van der Waals surface area contributed by atoms with Gasteiger partial charge in [-0.25, -0.2) is 0 Å². The molecule has 0 spiro atoms. The van der Waals surface area contributed by atoms with Crippen molar-refractivity contribution in [2.45, 2.75) is 65.0 Å². The van der Waals surface area contributed by atoms with E-state index in [9.17, 15) is 5.11 Å². The number of aliphatic hydroxyl groups excluding tert-OH is 1. The van der Waals surface area contributed by atoms with E-state index in [4.69, 9.17) is 0 Å². The molecule has 0 amide bonds. The lowest BCUT2D eigenvalue weighted by molar-refractivity contribution is 0.128. The summed E-state index contributed by atoms with van der Waals surface area (Å²) in [6.07, 6.45) is 5.19. The molecule has 15 heavy (non-hydrogen) atoms. The molecule has 3 unspecified atom stereocenters. The predicted octanol–water partition coefficient (Wildman–Crippen LogP) is 2.56. The summed E-state index contributed by atoms with van der Waals surface area (Å²) >= 11 is 0. The zero-order valence-corrected chi connectivity index (χ0v) is 10.7. The van der Waals surface area contributed by atoms with Crippen molar-refractivity contribution in [2.75, 3.05) is 6.61 Å². The Morgan fingerprint density at radius 1 is 1.33 bits per heavy atom. The van der Waals surface area contributed by atoms with Gasteiger partial charge in [0.15, 0.2) is 0 Å². The lowest BCUT2D eigenvalue weighted by atomic mass is 9.77. The molecular weight excluding hydrogens is 186 g/mol. The van der Waals surface area contributed by atoms with Crippen molar-refractivity contribution in [3.05, 3.63) is 0 Å². The molecule has 0 aromatic carbocycles. The Hall–Kier alpha value is -0.0800. The van der Waals surface area contributed by atoms with Crippen LogP contribution >= 0.6 is 0 Å². The average Bonchev–Trinajstić information content (AvgIpc) is 2.20. The van der Waals surface area contributed by atoms with Gasteiger partial charge in [-0.2, -0.15) is 0 Å². The molecule has 0 bridgehead atoms. The zero-order valence-electron chi connectivity index (χ0n) is 10.7. The standard InChI is InChI=1S/C13H27NO/c1-5-11-8-10(2)6-7-12(11)14-13(3,4)9-15/h10-12,14-15H,5-9H2,1-4H3. The van der Waals surface area contributed by atoms with Gasteiger partial charge in [0.25, 0.3) is 0 Å². The third-order valence-corrected chi connectivity index (χ3v) is 3.74. The highest BCUT2D eigenvalue weighted by molar-refractivity contribution is 4.88. The Labute approximate surface area is 94.5 Å². The molecule has 2 nitrogen and oxygen atoms in total. The fourth-order valence-corrected chi connectivity index (χ4v) is 2.69. The summed E-state index contributed by atoms with van der Waals surface area (Å²) in [7, 11) is 0. The molecule has 1 aliphatic rings. The van der Waals surface area contributed by atoms with Crippen molar-refractivity contribution < 1.29 is 5.11 Å². The van der Waals surface area contributed by atoms with E-state index >= 15 is 0 Å². The van der Waals surface area contributed by atoms with Crippen molar-refractivity contribution in [3.63, 3.8) is 0 Å². The van der Waals surface area contributed by atoms with Crippen LogP contribution in [0.5, 0.6) is 0 Å². The average molecular weight is 213 g/mol. The predicted molar refractivity (Wildman–Crippen MR) is 64.9 cm³/mol. The minimum Gasteiger partial charge on any atom is -0.394 e. The number of hydrogen-bond donors (Lipinski definition) is 2. The maximum absolute atomic E-state index is 9.27. The van der Waals surface area contributed by atoms with Crippen LogP contribution in [0.2, 0.25) is 0 Å². The third kappa shape index (κ3) is 3.76. The van der Waals surface area contributed by atoms with Crippen LogP contribution in [-0.4, -0.2) is 23.3 Å². The first kappa shape index (κ1) is 13.0. The van der Waals surface area contributed by atoms with Crippen LogP contribution in [0.25, 0.3) is 0 Å². The molecule has 1 fully saturated rings. The molecular formula is C13H27NO. The highest BCUT2D eigenvalue weighted by Gasteiger charge is 2.30. The Balaban J connectivity index is 2.52. The van der Waals surface area contributed by atoms with Gasteiger partial charge in [-0.1, -0.05) is 20.3 Å². The van der Waals surface area contributed by atoms with E-state index in [2.05, 4.69) is 33.0 Å². The normalized spacial score (nSPS) is 33.0. The molecule has 0 aliphatic heterocycles. The number of nitrogens with one attached hydrogen (secondary N) is 1. The highest BCUT2D eigenvalue weighted by atomic mass is 16.3. The van der Waals surface area contributed by atoms with Crippen molar-refractivity contribution in [2.24, 2.45) is 11.8 Å². The van der Waals surface area contributed by atoms with Gasteiger partial charge in [-0.05, 0) is 44.9 Å². The van der Waals surface area contributed by atoms with Gasteiger partial charge in [0, 0.05) is 11.6 Å². The lowest BCUT2D eigenvalue weighted by Crippen LogP contribution is -2.52. The number of rotatable bonds is 4. The molecule has 0 heterocycles. The summed E-state index contributed by atoms with van der Waals surface area (Å²) in [6, 6.07) is 0.605. The van der Waals surface area contributed by atoms with Crippen LogP contribution in [0, 0.1) is 11.8 Å². The fraction of sp³-hybridized carbons (Fsp3) is 1.00.